The maximum absolute atomic E-state index is 13.7. The quantitative estimate of drug-likeness (QED) is 0.791. The number of carbonyl (C=O) groups is 1. The lowest BCUT2D eigenvalue weighted by Gasteiger charge is -2.18. The van der Waals surface area contributed by atoms with Gasteiger partial charge in [0.1, 0.15) is 5.82 Å². The number of likely N-dealkylation sites (tertiary alicyclic amines) is 1. The van der Waals surface area contributed by atoms with Gasteiger partial charge in [-0.1, -0.05) is 6.42 Å². The van der Waals surface area contributed by atoms with Crippen LogP contribution in [-0.2, 0) is 0 Å². The molecular formula is C15H19FN2O. The molecule has 1 aromatic carbocycles. The maximum atomic E-state index is 13.7. The Kier molecular flexibility index (Phi) is 2.96. The van der Waals surface area contributed by atoms with Crippen LogP contribution >= 0.6 is 0 Å². The predicted octanol–water partition coefficient (Wildman–Crippen LogP) is 2.59. The number of carbonyl (C=O) groups excluding carboxylic acids is 1. The van der Waals surface area contributed by atoms with Gasteiger partial charge in [0.25, 0.3) is 5.91 Å². The third-order valence-electron chi connectivity index (χ3n) is 4.64. The molecule has 2 unspecified atom stereocenters. The minimum absolute atomic E-state index is 0.0833. The molecule has 102 valence electrons. The minimum atomic E-state index is -0.400. The first-order chi connectivity index (χ1) is 9.06. The molecule has 3 nitrogen and oxygen atoms in total. The second-order valence-electron chi connectivity index (χ2n) is 5.83. The number of hydrogen-bond donors (Lipinski definition) is 1. The summed E-state index contributed by atoms with van der Waals surface area (Å²) in [6.07, 6.45) is 3.72. The van der Waals surface area contributed by atoms with Crippen molar-refractivity contribution >= 4 is 11.6 Å². The van der Waals surface area contributed by atoms with Gasteiger partial charge in [-0.3, -0.25) is 4.79 Å². The van der Waals surface area contributed by atoms with Crippen LogP contribution in [0.4, 0.5) is 10.1 Å². The van der Waals surface area contributed by atoms with Crippen LogP contribution in [0.2, 0.25) is 0 Å². The average Bonchev–Trinajstić information content (AvgIpc) is 2.94. The number of halogens is 1. The van der Waals surface area contributed by atoms with Crippen molar-refractivity contribution in [1.82, 2.24) is 4.90 Å². The predicted molar refractivity (Wildman–Crippen MR) is 72.3 cm³/mol. The molecule has 2 N–H and O–H groups in total. The van der Waals surface area contributed by atoms with Crippen LogP contribution in [0, 0.1) is 24.6 Å². The molecule has 1 aromatic rings. The monoisotopic (exact) mass is 262 g/mol. The van der Waals surface area contributed by atoms with Gasteiger partial charge in [-0.25, -0.2) is 4.39 Å². The number of nitrogen functional groups attached to an aromatic ring is 1. The first-order valence-corrected chi connectivity index (χ1v) is 6.91. The molecule has 1 amide bonds. The van der Waals surface area contributed by atoms with E-state index in [9.17, 15) is 9.18 Å². The number of nitrogens with two attached hydrogens (primary N) is 1. The normalized spacial score (nSPS) is 25.7. The Bertz CT molecular complexity index is 494. The summed E-state index contributed by atoms with van der Waals surface area (Å²) in [4.78, 5) is 14.3. The third kappa shape index (κ3) is 2.09. The maximum Gasteiger partial charge on any atom is 0.254 e. The van der Waals surface area contributed by atoms with Crippen LogP contribution in [-0.4, -0.2) is 23.9 Å². The zero-order valence-electron chi connectivity index (χ0n) is 11.2. The standard InChI is InChI=1S/C15H19FN2O/c1-9-13(16)5-12(6-14(9)17)15(19)18-7-10-3-2-4-11(10)8-18/h5-6,10-11H,2-4,7-8,17H2,1H3. The Morgan fingerprint density at radius 2 is 1.95 bits per heavy atom. The van der Waals surface area contributed by atoms with E-state index in [1.165, 1.54) is 25.3 Å². The zero-order valence-corrected chi connectivity index (χ0v) is 11.2. The van der Waals surface area contributed by atoms with Crippen molar-refractivity contribution in [2.45, 2.75) is 26.2 Å². The minimum Gasteiger partial charge on any atom is -0.398 e. The average molecular weight is 262 g/mol. The van der Waals surface area contributed by atoms with Crippen molar-refractivity contribution in [3.63, 3.8) is 0 Å². The molecule has 3 rings (SSSR count). The summed E-state index contributed by atoms with van der Waals surface area (Å²) in [5.74, 6) is 0.816. The molecule has 0 radical (unpaired) electrons. The van der Waals surface area contributed by atoms with Gasteiger partial charge >= 0.3 is 0 Å². The van der Waals surface area contributed by atoms with Crippen LogP contribution in [0.3, 0.4) is 0 Å². The molecule has 0 bridgehead atoms. The largest absolute Gasteiger partial charge is 0.398 e. The molecule has 1 saturated carbocycles. The van der Waals surface area contributed by atoms with Crippen molar-refractivity contribution in [3.05, 3.63) is 29.1 Å². The van der Waals surface area contributed by atoms with Crippen molar-refractivity contribution in [1.29, 1.82) is 0 Å². The van der Waals surface area contributed by atoms with E-state index in [2.05, 4.69) is 0 Å². The molecule has 0 aromatic heterocycles. The lowest BCUT2D eigenvalue weighted by molar-refractivity contribution is 0.0780. The van der Waals surface area contributed by atoms with Crippen molar-refractivity contribution in [3.8, 4) is 0 Å². The van der Waals surface area contributed by atoms with Gasteiger partial charge in [-0.15, -0.1) is 0 Å². The van der Waals surface area contributed by atoms with Crippen LogP contribution in [0.15, 0.2) is 12.1 Å². The Balaban J connectivity index is 1.81. The Hall–Kier alpha value is -1.58. The third-order valence-corrected chi connectivity index (χ3v) is 4.64. The molecule has 4 heteroatoms. The fourth-order valence-electron chi connectivity index (χ4n) is 3.41. The number of nitrogens with zero attached hydrogens (tertiary/aromatic N) is 1. The SMILES string of the molecule is Cc1c(N)cc(C(=O)N2CC3CCCC3C2)cc1F. The fraction of sp³-hybridized carbons (Fsp3) is 0.533. The van der Waals surface area contributed by atoms with Crippen LogP contribution < -0.4 is 5.73 Å². The number of fused-ring (bicyclic) bond motifs is 1. The summed E-state index contributed by atoms with van der Waals surface area (Å²) in [6, 6.07) is 2.90. The number of rotatable bonds is 1. The summed E-state index contributed by atoms with van der Waals surface area (Å²) >= 11 is 0. The fourth-order valence-corrected chi connectivity index (χ4v) is 3.41. The van der Waals surface area contributed by atoms with E-state index in [0.29, 0.717) is 28.7 Å². The number of benzene rings is 1. The lowest BCUT2D eigenvalue weighted by Crippen LogP contribution is -2.29. The Morgan fingerprint density at radius 1 is 1.32 bits per heavy atom. The highest BCUT2D eigenvalue weighted by Crippen LogP contribution is 2.38. The second-order valence-corrected chi connectivity index (χ2v) is 5.83. The van der Waals surface area contributed by atoms with E-state index in [1.807, 2.05) is 4.90 Å². The number of anilines is 1. The molecule has 2 atom stereocenters. The molecule has 19 heavy (non-hydrogen) atoms. The van der Waals surface area contributed by atoms with Gasteiger partial charge in [0, 0.05) is 29.9 Å². The van der Waals surface area contributed by atoms with Gasteiger partial charge in [-0.05, 0) is 43.7 Å². The summed E-state index contributed by atoms with van der Waals surface area (Å²) in [7, 11) is 0. The number of hydrogen-bond acceptors (Lipinski definition) is 2. The van der Waals surface area contributed by atoms with E-state index in [0.717, 1.165) is 13.1 Å². The van der Waals surface area contributed by atoms with Crippen molar-refractivity contribution < 1.29 is 9.18 Å². The summed E-state index contributed by atoms with van der Waals surface area (Å²) in [5.41, 5.74) is 6.88. The van der Waals surface area contributed by atoms with Gasteiger partial charge < -0.3 is 10.6 Å². The lowest BCUT2D eigenvalue weighted by atomic mass is 10.0. The summed E-state index contributed by atoms with van der Waals surface area (Å²) in [6.45, 7) is 3.26. The Morgan fingerprint density at radius 3 is 2.53 bits per heavy atom. The van der Waals surface area contributed by atoms with Crippen molar-refractivity contribution in [2.24, 2.45) is 11.8 Å². The molecule has 1 saturated heterocycles. The van der Waals surface area contributed by atoms with Crippen LogP contribution in [0.1, 0.15) is 35.2 Å². The topological polar surface area (TPSA) is 46.3 Å². The first-order valence-electron chi connectivity index (χ1n) is 6.91. The highest BCUT2D eigenvalue weighted by atomic mass is 19.1. The van der Waals surface area contributed by atoms with Crippen molar-refractivity contribution in [2.75, 3.05) is 18.8 Å². The highest BCUT2D eigenvalue weighted by Gasteiger charge is 2.38. The Labute approximate surface area is 112 Å². The molecule has 1 heterocycles. The van der Waals surface area contributed by atoms with Gasteiger partial charge in [0.05, 0.1) is 0 Å². The molecule has 0 spiro atoms. The van der Waals surface area contributed by atoms with E-state index in [4.69, 9.17) is 5.73 Å². The van der Waals surface area contributed by atoms with Crippen LogP contribution in [0.25, 0.3) is 0 Å². The highest BCUT2D eigenvalue weighted by molar-refractivity contribution is 5.95. The summed E-state index contributed by atoms with van der Waals surface area (Å²) in [5, 5.41) is 0. The number of amides is 1. The molecular weight excluding hydrogens is 243 g/mol. The molecule has 2 aliphatic rings. The van der Waals surface area contributed by atoms with Gasteiger partial charge in [-0.2, -0.15) is 0 Å². The smallest absolute Gasteiger partial charge is 0.254 e. The van der Waals surface area contributed by atoms with E-state index >= 15 is 0 Å². The molecule has 1 aliphatic heterocycles. The molecule has 1 aliphatic carbocycles. The first kappa shape index (κ1) is 12.5. The van der Waals surface area contributed by atoms with Crippen LogP contribution in [0.5, 0.6) is 0 Å². The van der Waals surface area contributed by atoms with E-state index in [-0.39, 0.29) is 5.91 Å². The molecule has 2 fully saturated rings. The van der Waals surface area contributed by atoms with E-state index in [1.54, 1.807) is 13.0 Å². The van der Waals surface area contributed by atoms with E-state index < -0.39 is 5.82 Å². The second kappa shape index (κ2) is 4.51. The summed E-state index contributed by atoms with van der Waals surface area (Å²) < 4.78 is 13.7. The zero-order chi connectivity index (χ0) is 13.6. The van der Waals surface area contributed by atoms with Gasteiger partial charge in [0.2, 0.25) is 0 Å². The van der Waals surface area contributed by atoms with Gasteiger partial charge in [0.15, 0.2) is 0 Å².